The van der Waals surface area contributed by atoms with E-state index in [-0.39, 0.29) is 30.2 Å². The van der Waals surface area contributed by atoms with Gasteiger partial charge in [0.25, 0.3) is 0 Å². The number of rotatable bonds is 5. The maximum atomic E-state index is 12.7. The van der Waals surface area contributed by atoms with Gasteiger partial charge in [0.15, 0.2) is 0 Å². The Morgan fingerprint density at radius 2 is 1.76 bits per heavy atom. The Hall–Kier alpha value is -0.0700. The zero-order chi connectivity index (χ0) is 16.1. The number of nitrogens with zero attached hydrogens (tertiary/aromatic N) is 2. The highest BCUT2D eigenvalue weighted by Crippen LogP contribution is 2.38. The topological polar surface area (TPSA) is 58.8 Å². The smallest absolute Gasteiger partial charge is 0.223 e. The summed E-state index contributed by atoms with van der Waals surface area (Å²) in [5.41, 5.74) is 6.13. The number of halogens is 2. The monoisotopic (exact) mass is 395 g/mol. The summed E-state index contributed by atoms with van der Waals surface area (Å²) in [4.78, 5) is 17.3. The molecule has 2 N–H and O–H groups in total. The van der Waals surface area contributed by atoms with Crippen molar-refractivity contribution in [2.75, 3.05) is 52.5 Å². The molecule has 2 aliphatic heterocycles. The third kappa shape index (κ3) is 6.24. The van der Waals surface area contributed by atoms with E-state index in [2.05, 4.69) is 9.80 Å². The van der Waals surface area contributed by atoms with Gasteiger partial charge in [0.05, 0.1) is 6.61 Å². The average Bonchev–Trinajstić information content (AvgIpc) is 3.09. The Morgan fingerprint density at radius 1 is 1.08 bits per heavy atom. The second-order valence-electron chi connectivity index (χ2n) is 7.85. The zero-order valence-corrected chi connectivity index (χ0v) is 16.9. The molecule has 0 aromatic carbocycles. The van der Waals surface area contributed by atoms with Gasteiger partial charge in [0.1, 0.15) is 0 Å². The Labute approximate surface area is 164 Å². The van der Waals surface area contributed by atoms with Crippen LogP contribution in [0.25, 0.3) is 0 Å². The van der Waals surface area contributed by atoms with Crippen LogP contribution in [0.4, 0.5) is 0 Å². The van der Waals surface area contributed by atoms with Crippen molar-refractivity contribution >= 4 is 30.7 Å². The summed E-state index contributed by atoms with van der Waals surface area (Å²) in [7, 11) is 0. The van der Waals surface area contributed by atoms with Gasteiger partial charge in [0, 0.05) is 45.8 Å². The van der Waals surface area contributed by atoms with E-state index >= 15 is 0 Å². The van der Waals surface area contributed by atoms with Gasteiger partial charge in [-0.25, -0.2) is 0 Å². The molecule has 0 bridgehead atoms. The number of carbonyl (C=O) groups is 1. The van der Waals surface area contributed by atoms with Crippen LogP contribution in [0.1, 0.15) is 44.9 Å². The van der Waals surface area contributed by atoms with Crippen molar-refractivity contribution in [1.29, 1.82) is 0 Å². The highest BCUT2D eigenvalue weighted by atomic mass is 35.5. The molecule has 1 unspecified atom stereocenters. The molecule has 1 amide bonds. The van der Waals surface area contributed by atoms with Crippen molar-refractivity contribution in [2.24, 2.45) is 17.1 Å². The molecule has 0 spiro atoms. The van der Waals surface area contributed by atoms with Crippen LogP contribution in [0.2, 0.25) is 0 Å². The number of carbonyl (C=O) groups excluding carboxylic acids is 1. The lowest BCUT2D eigenvalue weighted by Gasteiger charge is -2.40. The van der Waals surface area contributed by atoms with Crippen LogP contribution >= 0.6 is 24.8 Å². The van der Waals surface area contributed by atoms with Crippen LogP contribution < -0.4 is 5.73 Å². The second kappa shape index (κ2) is 10.9. The second-order valence-corrected chi connectivity index (χ2v) is 7.85. The number of hydrogen-bond donors (Lipinski definition) is 1. The van der Waals surface area contributed by atoms with E-state index in [9.17, 15) is 4.79 Å². The molecule has 1 saturated carbocycles. The summed E-state index contributed by atoms with van der Waals surface area (Å²) in [6.45, 7) is 7.42. The maximum Gasteiger partial charge on any atom is 0.223 e. The Kier molecular flexibility index (Phi) is 10.0. The molecule has 5 nitrogen and oxygen atoms in total. The van der Waals surface area contributed by atoms with Crippen LogP contribution in [-0.2, 0) is 9.53 Å². The van der Waals surface area contributed by atoms with E-state index in [0.29, 0.717) is 24.8 Å². The van der Waals surface area contributed by atoms with E-state index in [4.69, 9.17) is 10.5 Å². The van der Waals surface area contributed by atoms with Crippen LogP contribution in [0.3, 0.4) is 0 Å². The summed E-state index contributed by atoms with van der Waals surface area (Å²) in [6, 6.07) is 0. The quantitative estimate of drug-likeness (QED) is 0.775. The van der Waals surface area contributed by atoms with Gasteiger partial charge in [-0.15, -0.1) is 24.8 Å². The summed E-state index contributed by atoms with van der Waals surface area (Å²) in [5, 5.41) is 0. The largest absolute Gasteiger partial charge is 0.381 e. The number of nitrogens with two attached hydrogens (primary N) is 1. The predicted molar refractivity (Wildman–Crippen MR) is 106 cm³/mol. The molecular formula is C18H35Cl2N3O2. The Balaban J connectivity index is 0.00000156. The first kappa shape index (κ1) is 23.0. The fourth-order valence-corrected chi connectivity index (χ4v) is 4.46. The third-order valence-corrected chi connectivity index (χ3v) is 6.14. The first-order chi connectivity index (χ1) is 11.2. The van der Waals surface area contributed by atoms with Crippen molar-refractivity contribution in [3.05, 3.63) is 0 Å². The SMILES string of the molecule is Cl.Cl.NCC1(CC(=O)N2CCN(CC3CCOC3)CC2)CCCCC1. The van der Waals surface area contributed by atoms with Gasteiger partial charge < -0.3 is 15.4 Å². The molecular weight excluding hydrogens is 361 g/mol. The lowest BCUT2D eigenvalue weighted by Crippen LogP contribution is -2.51. The van der Waals surface area contributed by atoms with Crippen molar-refractivity contribution < 1.29 is 9.53 Å². The normalized spacial score (nSPS) is 26.6. The van der Waals surface area contributed by atoms with E-state index in [1.54, 1.807) is 0 Å². The number of piperazine rings is 1. The summed E-state index contributed by atoms with van der Waals surface area (Å²) < 4.78 is 5.46. The lowest BCUT2D eigenvalue weighted by molar-refractivity contribution is -0.136. The predicted octanol–water partition coefficient (Wildman–Crippen LogP) is 2.31. The fourth-order valence-electron chi connectivity index (χ4n) is 4.46. The molecule has 3 aliphatic rings. The van der Waals surface area contributed by atoms with Crippen molar-refractivity contribution in [1.82, 2.24) is 9.80 Å². The van der Waals surface area contributed by atoms with Crippen LogP contribution in [-0.4, -0.2) is 68.2 Å². The summed E-state index contributed by atoms with van der Waals surface area (Å²) in [6.07, 6.45) is 7.91. The van der Waals surface area contributed by atoms with Crippen molar-refractivity contribution in [3.8, 4) is 0 Å². The van der Waals surface area contributed by atoms with Gasteiger partial charge in [-0.3, -0.25) is 9.69 Å². The molecule has 0 aromatic rings. The minimum absolute atomic E-state index is 0. The molecule has 148 valence electrons. The Bertz CT molecular complexity index is 392. The molecule has 3 rings (SSSR count). The standard InChI is InChI=1S/C18H33N3O2.2ClH/c19-15-18(5-2-1-3-6-18)12-17(22)21-9-7-20(8-10-21)13-16-4-11-23-14-16;;/h16H,1-15,19H2;2*1H. The Morgan fingerprint density at radius 3 is 2.32 bits per heavy atom. The molecule has 1 aliphatic carbocycles. The van der Waals surface area contributed by atoms with Gasteiger partial charge >= 0.3 is 0 Å². The van der Waals surface area contributed by atoms with Gasteiger partial charge in [0.2, 0.25) is 5.91 Å². The molecule has 3 fully saturated rings. The van der Waals surface area contributed by atoms with Crippen LogP contribution in [0.15, 0.2) is 0 Å². The van der Waals surface area contributed by atoms with Gasteiger partial charge in [-0.05, 0) is 37.1 Å². The van der Waals surface area contributed by atoms with E-state index in [1.807, 2.05) is 0 Å². The molecule has 7 heteroatoms. The minimum Gasteiger partial charge on any atom is -0.381 e. The average molecular weight is 396 g/mol. The van der Waals surface area contributed by atoms with Crippen molar-refractivity contribution in [3.63, 3.8) is 0 Å². The molecule has 25 heavy (non-hydrogen) atoms. The number of amides is 1. The number of ether oxygens (including phenoxy) is 1. The maximum absolute atomic E-state index is 12.7. The molecule has 2 heterocycles. The highest BCUT2D eigenvalue weighted by molar-refractivity contribution is 5.85. The van der Waals surface area contributed by atoms with Gasteiger partial charge in [-0.1, -0.05) is 19.3 Å². The molecule has 0 radical (unpaired) electrons. The van der Waals surface area contributed by atoms with Gasteiger partial charge in [-0.2, -0.15) is 0 Å². The lowest BCUT2D eigenvalue weighted by atomic mass is 9.71. The summed E-state index contributed by atoms with van der Waals surface area (Å²) in [5.74, 6) is 1.03. The first-order valence-corrected chi connectivity index (χ1v) is 9.49. The van der Waals surface area contributed by atoms with E-state index in [1.165, 1.54) is 25.7 Å². The van der Waals surface area contributed by atoms with E-state index < -0.39 is 0 Å². The van der Waals surface area contributed by atoms with Crippen LogP contribution in [0, 0.1) is 11.3 Å². The third-order valence-electron chi connectivity index (χ3n) is 6.14. The minimum atomic E-state index is 0. The molecule has 1 atom stereocenters. The van der Waals surface area contributed by atoms with E-state index in [0.717, 1.165) is 58.8 Å². The van der Waals surface area contributed by atoms with Crippen LogP contribution in [0.5, 0.6) is 0 Å². The molecule has 2 saturated heterocycles. The highest BCUT2D eigenvalue weighted by Gasteiger charge is 2.35. The molecule has 0 aromatic heterocycles. The fraction of sp³-hybridized carbons (Fsp3) is 0.944. The van der Waals surface area contributed by atoms with Crippen molar-refractivity contribution in [2.45, 2.75) is 44.9 Å². The summed E-state index contributed by atoms with van der Waals surface area (Å²) >= 11 is 0. The zero-order valence-electron chi connectivity index (χ0n) is 15.3. The first-order valence-electron chi connectivity index (χ1n) is 9.49. The number of hydrogen-bond acceptors (Lipinski definition) is 4.